The summed E-state index contributed by atoms with van der Waals surface area (Å²) in [6, 6.07) is 8.67. The number of aromatic nitrogens is 3. The summed E-state index contributed by atoms with van der Waals surface area (Å²) in [6.45, 7) is 6.81. The van der Waals surface area contributed by atoms with E-state index in [0.717, 1.165) is 42.8 Å². The molecule has 1 aliphatic carbocycles. The van der Waals surface area contributed by atoms with Crippen molar-refractivity contribution in [3.8, 4) is 11.3 Å². The maximum atomic E-state index is 13.8. The van der Waals surface area contributed by atoms with Crippen LogP contribution < -0.4 is 4.90 Å². The van der Waals surface area contributed by atoms with Crippen molar-refractivity contribution in [2.24, 2.45) is 11.8 Å². The van der Waals surface area contributed by atoms with Crippen molar-refractivity contribution in [3.05, 3.63) is 47.4 Å². The number of aryl methyl sites for hydroxylation is 1. The number of rotatable bonds is 2. The number of halogens is 1. The summed E-state index contributed by atoms with van der Waals surface area (Å²) in [5.74, 6) is 2.33. The molecule has 3 aromatic rings. The van der Waals surface area contributed by atoms with Crippen molar-refractivity contribution in [1.29, 1.82) is 0 Å². The lowest BCUT2D eigenvalue weighted by molar-refractivity contribution is 0.353. The van der Waals surface area contributed by atoms with Crippen molar-refractivity contribution in [2.45, 2.75) is 46.0 Å². The predicted octanol–water partition coefficient (Wildman–Crippen LogP) is 4.90. The largest absolute Gasteiger partial charge is 0.356 e. The van der Waals surface area contributed by atoms with Crippen molar-refractivity contribution in [3.63, 3.8) is 0 Å². The van der Waals surface area contributed by atoms with Crippen molar-refractivity contribution < 1.29 is 4.39 Å². The molecule has 2 aliphatic rings. The first-order valence-electron chi connectivity index (χ1n) is 10.5. The number of hydrogen-bond donors (Lipinski definition) is 0. The highest BCUT2D eigenvalue weighted by atomic mass is 19.1. The van der Waals surface area contributed by atoms with Crippen LogP contribution in [0.15, 0.2) is 30.3 Å². The Hall–Kier alpha value is -2.43. The second kappa shape index (κ2) is 6.87. The van der Waals surface area contributed by atoms with E-state index in [4.69, 9.17) is 10.1 Å². The number of fused-ring (bicyclic) bond motifs is 2. The molecule has 5 heteroatoms. The summed E-state index contributed by atoms with van der Waals surface area (Å²) in [7, 11) is 0. The van der Waals surface area contributed by atoms with Crippen LogP contribution >= 0.6 is 0 Å². The molecule has 0 spiro atoms. The minimum atomic E-state index is -0.235. The highest BCUT2D eigenvalue weighted by Crippen LogP contribution is 2.35. The maximum Gasteiger partial charge on any atom is 0.158 e. The van der Waals surface area contributed by atoms with Crippen molar-refractivity contribution in [1.82, 2.24) is 14.6 Å². The topological polar surface area (TPSA) is 33.4 Å². The summed E-state index contributed by atoms with van der Waals surface area (Å²) in [6.07, 6.45) is 5.80. The van der Waals surface area contributed by atoms with Gasteiger partial charge in [0.2, 0.25) is 0 Å². The fourth-order valence-corrected chi connectivity index (χ4v) is 5.08. The van der Waals surface area contributed by atoms with E-state index in [9.17, 15) is 4.39 Å². The minimum Gasteiger partial charge on any atom is -0.356 e. The SMILES string of the molecule is CC1CC(C)CN(c2c3c(nc4cc(-c5cccc(F)c5)nn24)CCCC3)C1. The Labute approximate surface area is 165 Å². The van der Waals surface area contributed by atoms with Gasteiger partial charge in [-0.1, -0.05) is 26.0 Å². The average Bonchev–Trinajstić information content (AvgIpc) is 3.08. The lowest BCUT2D eigenvalue weighted by Gasteiger charge is -2.38. The molecular formula is C23H27FN4. The summed E-state index contributed by atoms with van der Waals surface area (Å²) in [5, 5.41) is 4.90. The van der Waals surface area contributed by atoms with Crippen LogP contribution in [0.5, 0.6) is 0 Å². The zero-order chi connectivity index (χ0) is 19.3. The van der Waals surface area contributed by atoms with E-state index in [1.165, 1.54) is 42.4 Å². The summed E-state index contributed by atoms with van der Waals surface area (Å²) >= 11 is 0. The van der Waals surface area contributed by atoms with Crippen molar-refractivity contribution >= 4 is 11.5 Å². The molecule has 1 fully saturated rings. The number of benzene rings is 1. The van der Waals surface area contributed by atoms with Crippen LogP contribution in [-0.2, 0) is 12.8 Å². The molecule has 0 N–H and O–H groups in total. The van der Waals surface area contributed by atoms with Gasteiger partial charge >= 0.3 is 0 Å². The third kappa shape index (κ3) is 3.07. The minimum absolute atomic E-state index is 0.235. The molecule has 2 unspecified atom stereocenters. The highest BCUT2D eigenvalue weighted by molar-refractivity contribution is 5.67. The van der Waals surface area contributed by atoms with E-state index in [2.05, 4.69) is 18.7 Å². The van der Waals surface area contributed by atoms with Gasteiger partial charge < -0.3 is 4.90 Å². The van der Waals surface area contributed by atoms with Gasteiger partial charge in [-0.25, -0.2) is 9.37 Å². The molecule has 1 aliphatic heterocycles. The standard InChI is InChI=1S/C23H27FN4/c1-15-10-16(2)14-27(13-15)23-19-8-3-4-9-20(19)25-22-12-21(26-28(22)23)17-6-5-7-18(24)11-17/h5-7,11-12,15-16H,3-4,8-10,13-14H2,1-2H3. The van der Waals surface area contributed by atoms with E-state index in [-0.39, 0.29) is 5.82 Å². The molecule has 2 aromatic heterocycles. The summed E-state index contributed by atoms with van der Waals surface area (Å²) < 4.78 is 15.8. The van der Waals surface area contributed by atoms with Gasteiger partial charge in [-0.3, -0.25) is 0 Å². The Morgan fingerprint density at radius 1 is 1.04 bits per heavy atom. The zero-order valence-electron chi connectivity index (χ0n) is 16.7. The number of anilines is 1. The molecule has 0 bridgehead atoms. The van der Waals surface area contributed by atoms with Gasteiger partial charge in [0, 0.05) is 36.0 Å². The predicted molar refractivity (Wildman–Crippen MR) is 110 cm³/mol. The van der Waals surface area contributed by atoms with E-state index in [1.807, 2.05) is 16.6 Å². The van der Waals surface area contributed by atoms with Crippen LogP contribution in [0.25, 0.3) is 16.9 Å². The van der Waals surface area contributed by atoms with Gasteiger partial charge in [0.25, 0.3) is 0 Å². The molecule has 1 saturated heterocycles. The average molecular weight is 378 g/mol. The quantitative estimate of drug-likeness (QED) is 0.636. The third-order valence-electron chi connectivity index (χ3n) is 6.14. The number of nitrogens with zero attached hydrogens (tertiary/aromatic N) is 4. The van der Waals surface area contributed by atoms with Gasteiger partial charge in [-0.05, 0) is 56.1 Å². The van der Waals surface area contributed by atoms with E-state index in [0.29, 0.717) is 11.8 Å². The Balaban J connectivity index is 1.70. The lowest BCUT2D eigenvalue weighted by Crippen LogP contribution is -2.40. The summed E-state index contributed by atoms with van der Waals surface area (Å²) in [5.41, 5.74) is 5.06. The first kappa shape index (κ1) is 17.7. The molecule has 28 heavy (non-hydrogen) atoms. The first-order chi connectivity index (χ1) is 13.6. The Kier molecular flexibility index (Phi) is 4.33. The Morgan fingerprint density at radius 2 is 1.82 bits per heavy atom. The Morgan fingerprint density at radius 3 is 2.61 bits per heavy atom. The fourth-order valence-electron chi connectivity index (χ4n) is 5.08. The highest BCUT2D eigenvalue weighted by Gasteiger charge is 2.29. The number of hydrogen-bond acceptors (Lipinski definition) is 3. The van der Waals surface area contributed by atoms with Gasteiger partial charge in [0.05, 0.1) is 5.69 Å². The monoisotopic (exact) mass is 378 g/mol. The fraction of sp³-hybridized carbons (Fsp3) is 0.478. The van der Waals surface area contributed by atoms with Crippen molar-refractivity contribution in [2.75, 3.05) is 18.0 Å². The normalized spacial score (nSPS) is 22.5. The lowest BCUT2D eigenvalue weighted by atomic mass is 9.90. The second-order valence-corrected chi connectivity index (χ2v) is 8.73. The zero-order valence-corrected chi connectivity index (χ0v) is 16.7. The third-order valence-corrected chi connectivity index (χ3v) is 6.14. The van der Waals surface area contributed by atoms with Crippen LogP contribution in [0.3, 0.4) is 0 Å². The molecule has 3 heterocycles. The van der Waals surface area contributed by atoms with E-state index in [1.54, 1.807) is 12.1 Å². The molecule has 4 nitrogen and oxygen atoms in total. The van der Waals surface area contributed by atoms with Crippen LogP contribution in [0.4, 0.5) is 10.2 Å². The molecule has 2 atom stereocenters. The number of piperidine rings is 1. The molecule has 5 rings (SSSR count). The van der Waals surface area contributed by atoms with Crippen LogP contribution in [0.2, 0.25) is 0 Å². The summed E-state index contributed by atoms with van der Waals surface area (Å²) in [4.78, 5) is 7.49. The van der Waals surface area contributed by atoms with Gasteiger partial charge in [0.1, 0.15) is 11.6 Å². The van der Waals surface area contributed by atoms with E-state index < -0.39 is 0 Å². The van der Waals surface area contributed by atoms with Gasteiger partial charge in [0.15, 0.2) is 5.65 Å². The molecule has 146 valence electrons. The molecule has 0 saturated carbocycles. The van der Waals surface area contributed by atoms with Gasteiger partial charge in [-0.2, -0.15) is 9.61 Å². The van der Waals surface area contributed by atoms with E-state index >= 15 is 0 Å². The first-order valence-corrected chi connectivity index (χ1v) is 10.5. The maximum absolute atomic E-state index is 13.8. The molecular weight excluding hydrogens is 351 g/mol. The second-order valence-electron chi connectivity index (χ2n) is 8.73. The smallest absolute Gasteiger partial charge is 0.158 e. The van der Waals surface area contributed by atoms with Crippen LogP contribution in [0.1, 0.15) is 44.4 Å². The van der Waals surface area contributed by atoms with Crippen LogP contribution in [-0.4, -0.2) is 27.7 Å². The molecule has 1 aromatic carbocycles. The molecule has 0 amide bonds. The van der Waals surface area contributed by atoms with Crippen LogP contribution in [0, 0.1) is 17.7 Å². The molecule has 0 radical (unpaired) electrons. The van der Waals surface area contributed by atoms with Gasteiger partial charge in [-0.15, -0.1) is 0 Å². The Bertz CT molecular complexity index is 1010.